The number of carboxylic acids is 2. The molecule has 0 unspecified atom stereocenters. The van der Waals surface area contributed by atoms with Gasteiger partial charge in [-0.2, -0.15) is 0 Å². The molecule has 0 radical (unpaired) electrons. The van der Waals surface area contributed by atoms with E-state index >= 15 is 0 Å². The first kappa shape index (κ1) is 34.8. The third-order valence-corrected chi connectivity index (χ3v) is 3.37. The Morgan fingerprint density at radius 2 is 0.842 bits per heavy atom. The highest BCUT2D eigenvalue weighted by Gasteiger charge is 1.95. The maximum absolute atomic E-state index is 10.7. The molecule has 8 heteroatoms. The zero-order chi connectivity index (χ0) is 29.3. The van der Waals surface area contributed by atoms with Gasteiger partial charge >= 0.3 is 0 Å². The van der Waals surface area contributed by atoms with E-state index in [1.807, 2.05) is 48.5 Å². The van der Waals surface area contributed by atoms with E-state index < -0.39 is 11.9 Å². The van der Waals surface area contributed by atoms with Crippen LogP contribution in [0.2, 0.25) is 0 Å². The summed E-state index contributed by atoms with van der Waals surface area (Å²) in [7, 11) is 0. The van der Waals surface area contributed by atoms with Gasteiger partial charge in [0.05, 0.1) is 0 Å². The highest BCUT2D eigenvalue weighted by molar-refractivity contribution is 5.89. The standard InChI is InChI=1S/2C10H9NO.C6H6.2C2H4O2/c2*1-3-9-5-4-6-10(7-9)11-8(2)12;1-2-4-6-5-3-1;2*1-2(3)4/h2*1,4-7H,2H3,(H,11,12);1-6H;2*1H3,(H,3,4). The van der Waals surface area contributed by atoms with Crippen molar-refractivity contribution in [3.8, 4) is 24.7 Å². The molecule has 3 aromatic carbocycles. The lowest BCUT2D eigenvalue weighted by Crippen LogP contribution is -2.05. The van der Waals surface area contributed by atoms with Crippen molar-refractivity contribution < 1.29 is 29.4 Å². The van der Waals surface area contributed by atoms with Crippen LogP contribution in [0, 0.1) is 24.7 Å². The number of hydrogen-bond acceptors (Lipinski definition) is 4. The second-order valence-corrected chi connectivity index (χ2v) is 7.01. The molecule has 8 nitrogen and oxygen atoms in total. The van der Waals surface area contributed by atoms with E-state index in [1.165, 1.54) is 13.8 Å². The van der Waals surface area contributed by atoms with E-state index in [1.54, 1.807) is 36.4 Å². The van der Waals surface area contributed by atoms with Crippen LogP contribution >= 0.6 is 0 Å². The van der Waals surface area contributed by atoms with Crippen molar-refractivity contribution in [1.29, 1.82) is 0 Å². The molecule has 0 spiro atoms. The van der Waals surface area contributed by atoms with E-state index in [9.17, 15) is 9.59 Å². The van der Waals surface area contributed by atoms with Gasteiger partial charge < -0.3 is 20.8 Å². The number of amides is 2. The molecular formula is C30H32N2O6. The van der Waals surface area contributed by atoms with Crippen LogP contribution in [0.4, 0.5) is 11.4 Å². The Balaban J connectivity index is 0. The Morgan fingerprint density at radius 3 is 1.05 bits per heavy atom. The first-order chi connectivity index (χ1) is 17.9. The van der Waals surface area contributed by atoms with E-state index in [2.05, 4.69) is 22.5 Å². The average Bonchev–Trinajstić information content (AvgIpc) is 2.85. The van der Waals surface area contributed by atoms with Crippen molar-refractivity contribution in [3.63, 3.8) is 0 Å². The van der Waals surface area contributed by atoms with Crippen molar-refractivity contribution in [1.82, 2.24) is 0 Å². The number of rotatable bonds is 2. The molecule has 0 bridgehead atoms. The van der Waals surface area contributed by atoms with Gasteiger partial charge in [-0.05, 0) is 36.4 Å². The van der Waals surface area contributed by atoms with E-state index in [4.69, 9.17) is 32.6 Å². The lowest BCUT2D eigenvalue weighted by molar-refractivity contribution is -0.135. The fourth-order valence-electron chi connectivity index (χ4n) is 2.16. The van der Waals surface area contributed by atoms with Crippen LogP contribution in [0.1, 0.15) is 38.8 Å². The highest BCUT2D eigenvalue weighted by Crippen LogP contribution is 2.09. The van der Waals surface area contributed by atoms with Crippen LogP contribution in [-0.4, -0.2) is 34.0 Å². The molecular weight excluding hydrogens is 484 g/mol. The van der Waals surface area contributed by atoms with Crippen LogP contribution in [0.15, 0.2) is 84.9 Å². The zero-order valence-electron chi connectivity index (χ0n) is 21.8. The summed E-state index contributed by atoms with van der Waals surface area (Å²) < 4.78 is 0. The van der Waals surface area contributed by atoms with Crippen LogP contribution in [0.25, 0.3) is 0 Å². The summed E-state index contributed by atoms with van der Waals surface area (Å²) in [5.74, 6) is 3.13. The van der Waals surface area contributed by atoms with Crippen molar-refractivity contribution in [2.24, 2.45) is 0 Å². The van der Waals surface area contributed by atoms with E-state index in [-0.39, 0.29) is 11.8 Å². The number of hydrogen-bond donors (Lipinski definition) is 4. The Kier molecular flexibility index (Phi) is 20.3. The molecule has 0 aliphatic heterocycles. The molecule has 0 fully saturated rings. The number of nitrogens with one attached hydrogen (secondary N) is 2. The topological polar surface area (TPSA) is 133 Å². The number of benzene rings is 3. The second-order valence-electron chi connectivity index (χ2n) is 7.01. The summed E-state index contributed by atoms with van der Waals surface area (Å²) in [6.07, 6.45) is 10.4. The second kappa shape index (κ2) is 22.1. The average molecular weight is 517 g/mol. The minimum Gasteiger partial charge on any atom is -0.481 e. The Morgan fingerprint density at radius 1 is 0.579 bits per heavy atom. The Hall–Kier alpha value is -5.34. The molecule has 4 N–H and O–H groups in total. The summed E-state index contributed by atoms with van der Waals surface area (Å²) in [5, 5.41) is 20.1. The zero-order valence-corrected chi connectivity index (χ0v) is 21.8. The van der Waals surface area contributed by atoms with Gasteiger partial charge in [0, 0.05) is 50.2 Å². The normalized spacial score (nSPS) is 8.05. The van der Waals surface area contributed by atoms with Crippen molar-refractivity contribution in [3.05, 3.63) is 96.1 Å². The molecule has 38 heavy (non-hydrogen) atoms. The molecule has 0 atom stereocenters. The first-order valence-corrected chi connectivity index (χ1v) is 11.0. The SMILES string of the molecule is C#Cc1cccc(NC(C)=O)c1.C#Cc1cccc(NC(C)=O)c1.CC(=O)O.CC(=O)O.c1ccccc1. The summed E-state index contributed by atoms with van der Waals surface area (Å²) in [5.41, 5.74) is 3.00. The number of carboxylic acid groups (broad SMARTS) is 2. The van der Waals surface area contributed by atoms with Gasteiger partial charge in [-0.15, -0.1) is 12.8 Å². The lowest BCUT2D eigenvalue weighted by Gasteiger charge is -2.00. The molecule has 198 valence electrons. The van der Waals surface area contributed by atoms with Gasteiger partial charge in [0.15, 0.2) is 0 Å². The summed E-state index contributed by atoms with van der Waals surface area (Å²) in [4.78, 5) is 39.3. The molecule has 0 saturated heterocycles. The highest BCUT2D eigenvalue weighted by atomic mass is 16.4. The van der Waals surface area contributed by atoms with Crippen molar-refractivity contribution in [2.45, 2.75) is 27.7 Å². The molecule has 0 saturated carbocycles. The summed E-state index contributed by atoms with van der Waals surface area (Å²) in [6.45, 7) is 5.09. The summed E-state index contributed by atoms with van der Waals surface area (Å²) >= 11 is 0. The Bertz CT molecular complexity index is 1110. The summed E-state index contributed by atoms with van der Waals surface area (Å²) in [6, 6.07) is 26.3. The number of anilines is 2. The number of carbonyl (C=O) groups is 4. The number of carbonyl (C=O) groups excluding carboxylic acids is 2. The van der Waals surface area contributed by atoms with Crippen LogP contribution < -0.4 is 10.6 Å². The maximum Gasteiger partial charge on any atom is 0.300 e. The lowest BCUT2D eigenvalue weighted by atomic mass is 10.2. The van der Waals surface area contributed by atoms with Crippen molar-refractivity contribution >= 4 is 35.1 Å². The number of aliphatic carboxylic acids is 2. The molecule has 3 rings (SSSR count). The largest absolute Gasteiger partial charge is 0.481 e. The fourth-order valence-corrected chi connectivity index (χ4v) is 2.16. The molecule has 2 amide bonds. The van der Waals surface area contributed by atoms with Gasteiger partial charge in [-0.25, -0.2) is 0 Å². The van der Waals surface area contributed by atoms with Gasteiger partial charge in [-0.1, -0.05) is 60.4 Å². The van der Waals surface area contributed by atoms with Crippen LogP contribution in [-0.2, 0) is 19.2 Å². The predicted octanol–water partition coefficient (Wildman–Crippen LogP) is 5.12. The van der Waals surface area contributed by atoms with Gasteiger partial charge in [0.1, 0.15) is 0 Å². The first-order valence-electron chi connectivity index (χ1n) is 11.0. The molecule has 0 aliphatic carbocycles. The third kappa shape index (κ3) is 25.3. The molecule has 0 heterocycles. The van der Waals surface area contributed by atoms with E-state index in [0.29, 0.717) is 0 Å². The number of terminal acetylenes is 2. The molecule has 3 aromatic rings. The quantitative estimate of drug-likeness (QED) is 0.350. The predicted molar refractivity (Wildman–Crippen MR) is 150 cm³/mol. The fraction of sp³-hybridized carbons (Fsp3) is 0.133. The maximum atomic E-state index is 10.7. The minimum absolute atomic E-state index is 0.0934. The van der Waals surface area contributed by atoms with Crippen LogP contribution in [0.5, 0.6) is 0 Å². The Labute approximate surface area is 223 Å². The van der Waals surface area contributed by atoms with Gasteiger partial charge in [-0.3, -0.25) is 19.2 Å². The third-order valence-electron chi connectivity index (χ3n) is 3.37. The smallest absolute Gasteiger partial charge is 0.300 e. The van der Waals surface area contributed by atoms with Crippen molar-refractivity contribution in [2.75, 3.05) is 10.6 Å². The van der Waals surface area contributed by atoms with E-state index in [0.717, 1.165) is 36.3 Å². The minimum atomic E-state index is -0.833. The molecule has 0 aliphatic rings. The van der Waals surface area contributed by atoms with Gasteiger partial charge in [0.25, 0.3) is 11.9 Å². The monoisotopic (exact) mass is 516 g/mol. The molecule has 0 aromatic heterocycles. The van der Waals surface area contributed by atoms with Gasteiger partial charge in [0.2, 0.25) is 11.8 Å². The van der Waals surface area contributed by atoms with Crippen LogP contribution in [0.3, 0.4) is 0 Å².